The van der Waals surface area contributed by atoms with Gasteiger partial charge in [0.25, 0.3) is 10.1 Å². The zero-order valence-corrected chi connectivity index (χ0v) is 9.65. The van der Waals surface area contributed by atoms with Crippen LogP contribution < -0.4 is 0 Å². The van der Waals surface area contributed by atoms with Crippen LogP contribution >= 0.6 is 0 Å². The lowest BCUT2D eigenvalue weighted by Gasteiger charge is -2.03. The highest BCUT2D eigenvalue weighted by Gasteiger charge is 2.08. The van der Waals surface area contributed by atoms with Crippen LogP contribution in [0.5, 0.6) is 0 Å². The minimum absolute atomic E-state index is 0.156. The van der Waals surface area contributed by atoms with E-state index in [-0.39, 0.29) is 12.2 Å². The van der Waals surface area contributed by atoms with Gasteiger partial charge >= 0.3 is 5.97 Å². The number of aromatic nitrogens is 1. The van der Waals surface area contributed by atoms with E-state index in [0.717, 1.165) is 6.26 Å². The summed E-state index contributed by atoms with van der Waals surface area (Å²) >= 11 is 0. The summed E-state index contributed by atoms with van der Waals surface area (Å²) < 4.78 is 30.6. The van der Waals surface area contributed by atoms with E-state index in [4.69, 9.17) is 0 Å². The van der Waals surface area contributed by atoms with Crippen LogP contribution in [-0.2, 0) is 25.6 Å². The first-order chi connectivity index (χ1) is 7.42. The summed E-state index contributed by atoms with van der Waals surface area (Å²) in [4.78, 5) is 14.9. The average molecular weight is 245 g/mol. The van der Waals surface area contributed by atoms with Crippen LogP contribution in [0, 0.1) is 0 Å². The quantitative estimate of drug-likeness (QED) is 0.562. The van der Waals surface area contributed by atoms with Crippen molar-refractivity contribution in [3.63, 3.8) is 0 Å². The maximum Gasteiger partial charge on any atom is 0.339 e. The molecule has 0 amide bonds. The van der Waals surface area contributed by atoms with Gasteiger partial charge in [0.1, 0.15) is 0 Å². The molecular weight excluding hydrogens is 234 g/mol. The molecule has 16 heavy (non-hydrogen) atoms. The number of rotatable bonds is 4. The normalized spacial score (nSPS) is 11.1. The van der Waals surface area contributed by atoms with Gasteiger partial charge in [-0.2, -0.15) is 8.42 Å². The van der Waals surface area contributed by atoms with Gasteiger partial charge < -0.3 is 4.74 Å². The molecule has 0 saturated heterocycles. The number of methoxy groups -OCH3 is 1. The first-order valence-corrected chi connectivity index (χ1v) is 6.10. The Morgan fingerprint density at radius 3 is 2.69 bits per heavy atom. The van der Waals surface area contributed by atoms with E-state index in [9.17, 15) is 13.2 Å². The van der Waals surface area contributed by atoms with E-state index in [1.165, 1.54) is 25.6 Å². The third-order valence-corrected chi connectivity index (χ3v) is 2.20. The molecule has 0 aliphatic heterocycles. The maximum atomic E-state index is 11.1. The number of carbonyl (C=O) groups excluding carboxylic acids is 1. The molecule has 0 bridgehead atoms. The lowest BCUT2D eigenvalue weighted by molar-refractivity contribution is 0.0600. The predicted molar refractivity (Wildman–Crippen MR) is 55.2 cm³/mol. The number of carbonyl (C=O) groups is 1. The molecule has 0 atom stereocenters. The topological polar surface area (TPSA) is 82.6 Å². The van der Waals surface area contributed by atoms with Crippen molar-refractivity contribution in [3.05, 3.63) is 29.6 Å². The third-order valence-electron chi connectivity index (χ3n) is 1.66. The molecule has 0 radical (unpaired) electrons. The number of hydrogen-bond acceptors (Lipinski definition) is 6. The molecule has 0 aromatic carbocycles. The summed E-state index contributed by atoms with van der Waals surface area (Å²) in [7, 11) is -2.25. The second-order valence-electron chi connectivity index (χ2n) is 3.04. The Morgan fingerprint density at radius 2 is 2.12 bits per heavy atom. The monoisotopic (exact) mass is 245 g/mol. The summed E-state index contributed by atoms with van der Waals surface area (Å²) in [6.45, 7) is -0.156. The summed E-state index contributed by atoms with van der Waals surface area (Å²) in [5, 5.41) is 0. The Kier molecular flexibility index (Phi) is 3.97. The standard InChI is InChI=1S/C9H11NO5S/c1-14-9(11)8-3-7(4-10-5-8)6-15-16(2,12)13/h3-5H,6H2,1-2H3. The number of esters is 1. The van der Waals surface area contributed by atoms with Crippen LogP contribution in [0.2, 0.25) is 0 Å². The van der Waals surface area contributed by atoms with Crippen molar-refractivity contribution in [2.75, 3.05) is 13.4 Å². The summed E-state index contributed by atoms with van der Waals surface area (Å²) in [5.74, 6) is -0.534. The molecule has 0 saturated carbocycles. The summed E-state index contributed by atoms with van der Waals surface area (Å²) in [6, 6.07) is 1.46. The molecule has 6 nitrogen and oxygen atoms in total. The van der Waals surface area contributed by atoms with Crippen molar-refractivity contribution in [3.8, 4) is 0 Å². The Bertz CT molecular complexity index is 482. The molecule has 88 valence electrons. The fourth-order valence-electron chi connectivity index (χ4n) is 0.971. The molecule has 0 N–H and O–H groups in total. The SMILES string of the molecule is COC(=O)c1cncc(COS(C)(=O)=O)c1. The molecule has 0 spiro atoms. The van der Waals surface area contributed by atoms with Gasteiger partial charge in [0.15, 0.2) is 0 Å². The summed E-state index contributed by atoms with van der Waals surface area (Å²) in [5.41, 5.74) is 0.727. The van der Waals surface area contributed by atoms with Gasteiger partial charge in [0, 0.05) is 12.4 Å². The van der Waals surface area contributed by atoms with Gasteiger partial charge in [-0.3, -0.25) is 9.17 Å². The van der Waals surface area contributed by atoms with Gasteiger partial charge in [-0.1, -0.05) is 0 Å². The van der Waals surface area contributed by atoms with Crippen molar-refractivity contribution in [1.29, 1.82) is 0 Å². The lowest BCUT2D eigenvalue weighted by atomic mass is 10.2. The van der Waals surface area contributed by atoms with E-state index in [1.54, 1.807) is 0 Å². The van der Waals surface area contributed by atoms with Crippen LogP contribution in [0.25, 0.3) is 0 Å². The molecule has 1 rings (SSSR count). The molecule has 0 unspecified atom stereocenters. The van der Waals surface area contributed by atoms with Gasteiger partial charge in [-0.05, 0) is 11.6 Å². The number of nitrogens with zero attached hydrogens (tertiary/aromatic N) is 1. The van der Waals surface area contributed by atoms with E-state index < -0.39 is 16.1 Å². The predicted octanol–water partition coefficient (Wildman–Crippen LogP) is 0.344. The lowest BCUT2D eigenvalue weighted by Crippen LogP contribution is -2.06. The highest BCUT2D eigenvalue weighted by Crippen LogP contribution is 2.06. The van der Waals surface area contributed by atoms with Crippen LogP contribution in [0.3, 0.4) is 0 Å². The molecule has 0 aliphatic rings. The first-order valence-electron chi connectivity index (χ1n) is 4.29. The minimum atomic E-state index is -3.50. The van der Waals surface area contributed by atoms with Crippen molar-refractivity contribution in [2.24, 2.45) is 0 Å². The molecule has 1 heterocycles. The number of pyridine rings is 1. The van der Waals surface area contributed by atoms with E-state index in [1.807, 2.05) is 0 Å². The van der Waals surface area contributed by atoms with Gasteiger partial charge in [0.2, 0.25) is 0 Å². The molecular formula is C9H11NO5S. The maximum absolute atomic E-state index is 11.1. The smallest absolute Gasteiger partial charge is 0.339 e. The van der Waals surface area contributed by atoms with Gasteiger partial charge in [-0.15, -0.1) is 0 Å². The molecule has 7 heteroatoms. The second-order valence-corrected chi connectivity index (χ2v) is 4.68. The van der Waals surface area contributed by atoms with E-state index in [0.29, 0.717) is 5.56 Å². The third kappa shape index (κ3) is 3.95. The van der Waals surface area contributed by atoms with Gasteiger partial charge in [0.05, 0.1) is 25.5 Å². The van der Waals surface area contributed by atoms with Crippen molar-refractivity contribution in [1.82, 2.24) is 4.98 Å². The van der Waals surface area contributed by atoms with E-state index in [2.05, 4.69) is 13.9 Å². The van der Waals surface area contributed by atoms with Crippen LogP contribution in [0.15, 0.2) is 18.5 Å². The van der Waals surface area contributed by atoms with Gasteiger partial charge in [-0.25, -0.2) is 4.79 Å². The van der Waals surface area contributed by atoms with E-state index >= 15 is 0 Å². The number of hydrogen-bond donors (Lipinski definition) is 0. The van der Waals surface area contributed by atoms with Crippen LogP contribution in [0.1, 0.15) is 15.9 Å². The number of ether oxygens (including phenoxy) is 1. The van der Waals surface area contributed by atoms with Crippen LogP contribution in [0.4, 0.5) is 0 Å². The molecule has 0 fully saturated rings. The zero-order chi connectivity index (χ0) is 12.2. The van der Waals surface area contributed by atoms with Crippen molar-refractivity contribution < 1.29 is 22.1 Å². The highest BCUT2D eigenvalue weighted by molar-refractivity contribution is 7.85. The first kappa shape index (κ1) is 12.6. The van der Waals surface area contributed by atoms with Crippen molar-refractivity contribution >= 4 is 16.1 Å². The Balaban J connectivity index is 2.79. The Hall–Kier alpha value is -1.47. The largest absolute Gasteiger partial charge is 0.465 e. The zero-order valence-electron chi connectivity index (χ0n) is 8.84. The Labute approximate surface area is 93.3 Å². The molecule has 1 aromatic heterocycles. The second kappa shape index (κ2) is 5.04. The fraction of sp³-hybridized carbons (Fsp3) is 0.333. The highest BCUT2D eigenvalue weighted by atomic mass is 32.2. The summed E-state index contributed by atoms with van der Waals surface area (Å²) in [6.07, 6.45) is 3.69. The van der Waals surface area contributed by atoms with Crippen molar-refractivity contribution in [2.45, 2.75) is 6.61 Å². The molecule has 0 aliphatic carbocycles. The Morgan fingerprint density at radius 1 is 1.44 bits per heavy atom. The minimum Gasteiger partial charge on any atom is -0.465 e. The van der Waals surface area contributed by atoms with Crippen LogP contribution in [-0.4, -0.2) is 32.7 Å². The molecule has 1 aromatic rings. The fourth-order valence-corrected chi connectivity index (χ4v) is 1.32. The average Bonchev–Trinajstić information content (AvgIpc) is 2.25.